The number of phosphoric acid groups is 1. The van der Waals surface area contributed by atoms with Crippen LogP contribution in [-0.2, 0) is 9.09 Å². The third-order valence-corrected chi connectivity index (χ3v) is 6.63. The molecule has 0 saturated heterocycles. The molecular formula is C14H16BrClNO9P. The van der Waals surface area contributed by atoms with E-state index in [1.165, 1.54) is 6.20 Å². The lowest BCUT2D eigenvalue weighted by molar-refractivity contribution is -0.240. The van der Waals surface area contributed by atoms with Crippen LogP contribution >= 0.6 is 35.4 Å². The summed E-state index contributed by atoms with van der Waals surface area (Å²) in [4.78, 5) is 21.1. The topological polar surface area (TPSA) is 173 Å². The van der Waals surface area contributed by atoms with Gasteiger partial charge >= 0.3 is 7.82 Å². The fourth-order valence-electron chi connectivity index (χ4n) is 2.91. The van der Waals surface area contributed by atoms with Gasteiger partial charge in [0.05, 0.1) is 0 Å². The van der Waals surface area contributed by atoms with Gasteiger partial charge in [0.25, 0.3) is 0 Å². The van der Waals surface area contributed by atoms with Gasteiger partial charge in [-0.15, -0.1) is 0 Å². The Hall–Kier alpha value is -0.720. The predicted octanol–water partition coefficient (Wildman–Crippen LogP) is 0.139. The van der Waals surface area contributed by atoms with E-state index in [0.717, 1.165) is 0 Å². The fourth-order valence-corrected chi connectivity index (χ4v) is 4.19. The number of phosphoric ester groups is 1. The van der Waals surface area contributed by atoms with Crippen LogP contribution in [0.3, 0.4) is 0 Å². The van der Waals surface area contributed by atoms with Crippen molar-refractivity contribution in [2.24, 2.45) is 0 Å². The summed E-state index contributed by atoms with van der Waals surface area (Å²) in [6.07, 6.45) is -6.62. The minimum atomic E-state index is -5.20. The number of H-pyrrole nitrogens is 1. The number of aromatic nitrogens is 1. The number of aliphatic hydroxyl groups is 4. The quantitative estimate of drug-likeness (QED) is 0.233. The highest BCUT2D eigenvalue weighted by Crippen LogP contribution is 2.50. The van der Waals surface area contributed by atoms with Gasteiger partial charge in [0, 0.05) is 17.1 Å². The zero-order chi connectivity index (χ0) is 20.2. The third kappa shape index (κ3) is 3.65. The summed E-state index contributed by atoms with van der Waals surface area (Å²) >= 11 is 8.38. The SMILES string of the molecule is O=P(O)(O)O[C@@H]1[C@H](Oc2c[nH]c3ccccc23)[C@@H](O)[C@@](O)(Br)[C@](O)(Cl)[C@@H]1O. The third-order valence-electron chi connectivity index (χ3n) is 4.30. The predicted molar refractivity (Wildman–Crippen MR) is 96.3 cm³/mol. The maximum absolute atomic E-state index is 11.3. The molecule has 0 spiro atoms. The van der Waals surface area contributed by atoms with Gasteiger partial charge in [-0.05, 0) is 28.1 Å². The number of nitrogens with one attached hydrogen (secondary N) is 1. The van der Waals surface area contributed by atoms with E-state index < -0.39 is 41.8 Å². The van der Waals surface area contributed by atoms with E-state index in [0.29, 0.717) is 10.9 Å². The Kier molecular flexibility index (Phi) is 5.41. The van der Waals surface area contributed by atoms with Gasteiger partial charge in [-0.1, -0.05) is 23.7 Å². The monoisotopic (exact) mass is 487 g/mol. The number of halogens is 2. The van der Waals surface area contributed by atoms with Gasteiger partial charge in [-0.25, -0.2) is 4.57 Å². The van der Waals surface area contributed by atoms with Crippen LogP contribution in [0.5, 0.6) is 5.75 Å². The second kappa shape index (κ2) is 6.96. The summed E-state index contributed by atoms with van der Waals surface area (Å²) < 4.78 is 18.7. The second-order valence-electron chi connectivity index (χ2n) is 6.08. The first kappa shape index (κ1) is 21.0. The van der Waals surface area contributed by atoms with Crippen LogP contribution in [0.25, 0.3) is 10.9 Å². The maximum atomic E-state index is 11.3. The summed E-state index contributed by atoms with van der Waals surface area (Å²) in [5.41, 5.74) is 0.661. The van der Waals surface area contributed by atoms with E-state index in [-0.39, 0.29) is 5.75 Å². The molecule has 0 unspecified atom stereocenters. The number of rotatable bonds is 4. The number of para-hydroxylation sites is 1. The van der Waals surface area contributed by atoms with Gasteiger partial charge in [0.1, 0.15) is 24.1 Å². The van der Waals surface area contributed by atoms with E-state index in [1.54, 1.807) is 24.3 Å². The number of hydrogen-bond donors (Lipinski definition) is 7. The number of hydrogen-bond acceptors (Lipinski definition) is 7. The minimum absolute atomic E-state index is 0.143. The Morgan fingerprint density at radius 3 is 2.41 bits per heavy atom. The number of benzene rings is 1. The van der Waals surface area contributed by atoms with Crippen LogP contribution in [-0.4, -0.2) is 69.2 Å². The lowest BCUT2D eigenvalue weighted by atomic mass is 9.84. The smallest absolute Gasteiger partial charge is 0.470 e. The van der Waals surface area contributed by atoms with E-state index in [2.05, 4.69) is 25.4 Å². The molecule has 0 aliphatic heterocycles. The van der Waals surface area contributed by atoms with Crippen molar-refractivity contribution in [3.8, 4) is 5.75 Å². The molecule has 2 aromatic rings. The summed E-state index contributed by atoms with van der Waals surface area (Å²) in [5, 5.41) is 38.9. The molecule has 10 nitrogen and oxygen atoms in total. The maximum Gasteiger partial charge on any atom is 0.470 e. The Balaban J connectivity index is 2.04. The van der Waals surface area contributed by atoms with Gasteiger partial charge in [0.2, 0.25) is 5.06 Å². The minimum Gasteiger partial charge on any atom is -0.482 e. The van der Waals surface area contributed by atoms with Crippen molar-refractivity contribution < 1.29 is 44.0 Å². The molecule has 13 heteroatoms. The lowest BCUT2D eigenvalue weighted by Gasteiger charge is -2.51. The Morgan fingerprint density at radius 1 is 1.15 bits per heavy atom. The van der Waals surface area contributed by atoms with Crippen molar-refractivity contribution in [2.75, 3.05) is 0 Å². The molecule has 3 rings (SSSR count). The molecule has 1 saturated carbocycles. The number of ether oxygens (including phenoxy) is 1. The molecule has 7 N–H and O–H groups in total. The van der Waals surface area contributed by atoms with Gasteiger partial charge in [-0.3, -0.25) is 4.52 Å². The summed E-state index contributed by atoms with van der Waals surface area (Å²) in [7, 11) is -5.20. The number of fused-ring (bicyclic) bond motifs is 1. The van der Waals surface area contributed by atoms with E-state index in [4.69, 9.17) is 26.1 Å². The standard InChI is InChI=1S/C14H16BrClNO9P/c15-13(20)11(18)9(10(26-27(22,23)24)12(19)14(13,16)21)25-8-5-17-7-4-2-1-3-6(7)8/h1-5,9-12,17-21H,(H2,22,23,24)/t9-,10+,11+,12+,13-,14-/m0/s1. The number of aliphatic hydroxyl groups excluding tert-OH is 2. The van der Waals surface area contributed by atoms with Crippen molar-refractivity contribution in [2.45, 2.75) is 34.0 Å². The van der Waals surface area contributed by atoms with Crippen molar-refractivity contribution in [3.63, 3.8) is 0 Å². The Bertz CT molecular complexity index is 884. The van der Waals surface area contributed by atoms with E-state index in [1.807, 2.05) is 0 Å². The first-order chi connectivity index (χ1) is 12.4. The summed E-state index contributed by atoms with van der Waals surface area (Å²) in [6.45, 7) is 0. The van der Waals surface area contributed by atoms with E-state index >= 15 is 0 Å². The first-order valence-electron chi connectivity index (χ1n) is 7.51. The molecule has 0 bridgehead atoms. The fraction of sp³-hybridized carbons (Fsp3) is 0.429. The highest BCUT2D eigenvalue weighted by Gasteiger charge is 2.68. The molecule has 27 heavy (non-hydrogen) atoms. The number of aromatic amines is 1. The Labute approximate surface area is 165 Å². The van der Waals surface area contributed by atoms with Gasteiger partial charge in [0.15, 0.2) is 10.6 Å². The van der Waals surface area contributed by atoms with Gasteiger partial charge in [-0.2, -0.15) is 0 Å². The molecule has 0 radical (unpaired) electrons. The van der Waals surface area contributed by atoms with E-state index in [9.17, 15) is 25.0 Å². The highest BCUT2D eigenvalue weighted by molar-refractivity contribution is 9.10. The zero-order valence-corrected chi connectivity index (χ0v) is 16.5. The summed E-state index contributed by atoms with van der Waals surface area (Å²) in [5.74, 6) is 0.143. The van der Waals surface area contributed by atoms with Crippen LogP contribution in [0.15, 0.2) is 30.5 Å². The molecule has 1 heterocycles. The normalized spacial score (nSPS) is 37.5. The molecule has 0 amide bonds. The molecule has 1 aromatic heterocycles. The van der Waals surface area contributed by atoms with Crippen LogP contribution in [0.1, 0.15) is 0 Å². The van der Waals surface area contributed by atoms with Gasteiger partial charge < -0.3 is 39.9 Å². The van der Waals surface area contributed by atoms with Crippen LogP contribution < -0.4 is 4.74 Å². The molecule has 1 fully saturated rings. The first-order valence-corrected chi connectivity index (χ1v) is 10.2. The van der Waals surface area contributed by atoms with Crippen molar-refractivity contribution in [3.05, 3.63) is 30.5 Å². The molecule has 1 aliphatic rings. The Morgan fingerprint density at radius 2 is 1.78 bits per heavy atom. The molecular weight excluding hydrogens is 472 g/mol. The van der Waals surface area contributed by atoms with Crippen molar-refractivity contribution in [1.82, 2.24) is 4.98 Å². The zero-order valence-electron chi connectivity index (χ0n) is 13.3. The van der Waals surface area contributed by atoms with Crippen molar-refractivity contribution in [1.29, 1.82) is 0 Å². The number of alkyl halides is 2. The molecule has 1 aromatic carbocycles. The van der Waals surface area contributed by atoms with Crippen molar-refractivity contribution >= 4 is 46.3 Å². The largest absolute Gasteiger partial charge is 0.482 e. The van der Waals surface area contributed by atoms with Crippen LogP contribution in [0.2, 0.25) is 0 Å². The summed E-state index contributed by atoms with van der Waals surface area (Å²) in [6, 6.07) is 6.86. The van der Waals surface area contributed by atoms with Crippen LogP contribution in [0.4, 0.5) is 0 Å². The lowest BCUT2D eigenvalue weighted by Crippen LogP contribution is -2.74. The second-order valence-corrected chi connectivity index (χ2v) is 9.06. The average Bonchev–Trinajstić information content (AvgIpc) is 2.97. The highest BCUT2D eigenvalue weighted by atomic mass is 79.9. The molecule has 150 valence electrons. The molecule has 1 aliphatic carbocycles. The molecule has 6 atom stereocenters. The van der Waals surface area contributed by atoms with Crippen LogP contribution in [0, 0.1) is 0 Å². The average molecular weight is 489 g/mol.